The largest absolute Gasteiger partial charge is 0.385 e. The van der Waals surface area contributed by atoms with Crippen molar-refractivity contribution in [1.29, 1.82) is 0 Å². The minimum atomic E-state index is -0.304. The Morgan fingerprint density at radius 2 is 1.92 bits per heavy atom. The van der Waals surface area contributed by atoms with Crippen molar-refractivity contribution in [3.8, 4) is 11.3 Å². The van der Waals surface area contributed by atoms with E-state index in [2.05, 4.69) is 10.3 Å². The van der Waals surface area contributed by atoms with Gasteiger partial charge in [-0.15, -0.1) is 0 Å². The summed E-state index contributed by atoms with van der Waals surface area (Å²) >= 11 is 0. The number of hydrogen-bond acceptors (Lipinski definition) is 3. The third-order valence-corrected chi connectivity index (χ3v) is 4.16. The average Bonchev–Trinajstić information content (AvgIpc) is 2.65. The van der Waals surface area contributed by atoms with Crippen LogP contribution < -0.4 is 5.32 Å². The van der Waals surface area contributed by atoms with Gasteiger partial charge in [-0.05, 0) is 55.8 Å². The number of halogens is 1. The van der Waals surface area contributed by atoms with Crippen LogP contribution in [0.15, 0.2) is 48.5 Å². The zero-order valence-electron chi connectivity index (χ0n) is 14.9. The highest BCUT2D eigenvalue weighted by Gasteiger charge is 2.14. The Morgan fingerprint density at radius 3 is 2.65 bits per heavy atom. The molecule has 134 valence electrons. The van der Waals surface area contributed by atoms with Crippen LogP contribution in [-0.2, 0) is 4.74 Å². The maximum Gasteiger partial charge on any atom is 0.252 e. The van der Waals surface area contributed by atoms with Crippen LogP contribution in [0.1, 0.15) is 22.3 Å². The van der Waals surface area contributed by atoms with Crippen molar-refractivity contribution in [2.75, 3.05) is 20.3 Å². The highest BCUT2D eigenvalue weighted by atomic mass is 19.1. The summed E-state index contributed by atoms with van der Waals surface area (Å²) in [5.41, 5.74) is 3.77. The van der Waals surface area contributed by atoms with Gasteiger partial charge in [-0.2, -0.15) is 0 Å². The SMILES string of the molecule is COCCCNC(=O)c1cc(-c2ccc(F)cc2)nc2ccc(C)cc12. The molecule has 3 rings (SSSR count). The lowest BCUT2D eigenvalue weighted by atomic mass is 10.0. The Kier molecular flexibility index (Phi) is 5.58. The van der Waals surface area contributed by atoms with E-state index in [9.17, 15) is 9.18 Å². The Morgan fingerprint density at radius 1 is 1.15 bits per heavy atom. The molecule has 0 unspecified atom stereocenters. The van der Waals surface area contributed by atoms with Crippen LogP contribution in [0.2, 0.25) is 0 Å². The van der Waals surface area contributed by atoms with Gasteiger partial charge in [0.2, 0.25) is 0 Å². The first kappa shape index (κ1) is 18.0. The van der Waals surface area contributed by atoms with Crippen molar-refractivity contribution < 1.29 is 13.9 Å². The summed E-state index contributed by atoms with van der Waals surface area (Å²) in [5, 5.41) is 3.73. The minimum Gasteiger partial charge on any atom is -0.385 e. The molecule has 2 aromatic carbocycles. The standard InChI is InChI=1S/C21H21FN2O2/c1-14-4-9-19-17(12-14)18(21(25)23-10-3-11-26-2)13-20(24-19)15-5-7-16(22)8-6-15/h4-9,12-13H,3,10-11H2,1-2H3,(H,23,25). The second-order valence-corrected chi connectivity index (χ2v) is 6.18. The van der Waals surface area contributed by atoms with Gasteiger partial charge in [-0.1, -0.05) is 11.6 Å². The van der Waals surface area contributed by atoms with Gasteiger partial charge in [0.25, 0.3) is 5.91 Å². The van der Waals surface area contributed by atoms with E-state index >= 15 is 0 Å². The van der Waals surface area contributed by atoms with Crippen LogP contribution in [0.3, 0.4) is 0 Å². The molecule has 0 aliphatic carbocycles. The van der Waals surface area contributed by atoms with E-state index in [4.69, 9.17) is 4.74 Å². The topological polar surface area (TPSA) is 51.2 Å². The fourth-order valence-electron chi connectivity index (χ4n) is 2.81. The van der Waals surface area contributed by atoms with Crippen LogP contribution >= 0.6 is 0 Å². The highest BCUT2D eigenvalue weighted by molar-refractivity contribution is 6.07. The molecule has 0 aliphatic heterocycles. The summed E-state index contributed by atoms with van der Waals surface area (Å²) in [6, 6.07) is 13.7. The van der Waals surface area contributed by atoms with Gasteiger partial charge >= 0.3 is 0 Å². The first-order valence-electron chi connectivity index (χ1n) is 8.53. The number of aromatic nitrogens is 1. The number of hydrogen-bond donors (Lipinski definition) is 1. The maximum absolute atomic E-state index is 13.2. The number of aryl methyl sites for hydroxylation is 1. The number of methoxy groups -OCH3 is 1. The van der Waals surface area contributed by atoms with E-state index in [1.165, 1.54) is 12.1 Å². The number of rotatable bonds is 6. The predicted molar refractivity (Wildman–Crippen MR) is 101 cm³/mol. The van der Waals surface area contributed by atoms with Crippen LogP contribution in [0.5, 0.6) is 0 Å². The first-order chi connectivity index (χ1) is 12.6. The number of amides is 1. The summed E-state index contributed by atoms with van der Waals surface area (Å²) < 4.78 is 18.2. The van der Waals surface area contributed by atoms with Crippen molar-refractivity contribution in [1.82, 2.24) is 10.3 Å². The fourth-order valence-corrected chi connectivity index (χ4v) is 2.81. The highest BCUT2D eigenvalue weighted by Crippen LogP contribution is 2.26. The second-order valence-electron chi connectivity index (χ2n) is 6.18. The smallest absolute Gasteiger partial charge is 0.252 e. The fraction of sp³-hybridized carbons (Fsp3) is 0.238. The van der Waals surface area contributed by atoms with E-state index in [0.717, 1.165) is 28.5 Å². The van der Waals surface area contributed by atoms with Crippen LogP contribution in [-0.4, -0.2) is 31.2 Å². The molecule has 5 heteroatoms. The first-order valence-corrected chi connectivity index (χ1v) is 8.53. The number of benzene rings is 2. The molecule has 4 nitrogen and oxygen atoms in total. The molecular formula is C21H21FN2O2. The van der Waals surface area contributed by atoms with Crippen molar-refractivity contribution in [3.63, 3.8) is 0 Å². The molecule has 0 aliphatic rings. The second kappa shape index (κ2) is 8.06. The summed E-state index contributed by atoms with van der Waals surface area (Å²) in [6.45, 7) is 3.11. The number of fused-ring (bicyclic) bond motifs is 1. The molecule has 0 saturated heterocycles. The van der Waals surface area contributed by atoms with Gasteiger partial charge in [0.15, 0.2) is 0 Å². The molecule has 3 aromatic rings. The maximum atomic E-state index is 13.2. The Labute approximate surface area is 152 Å². The number of carbonyl (C=O) groups excluding carboxylic acids is 1. The van der Waals surface area contributed by atoms with Crippen molar-refractivity contribution in [2.45, 2.75) is 13.3 Å². The summed E-state index contributed by atoms with van der Waals surface area (Å²) in [6.07, 6.45) is 0.745. The van der Waals surface area contributed by atoms with Gasteiger partial charge in [0.1, 0.15) is 5.82 Å². The minimum absolute atomic E-state index is 0.150. The third kappa shape index (κ3) is 4.06. The molecule has 1 aromatic heterocycles. The lowest BCUT2D eigenvalue weighted by molar-refractivity contribution is 0.0950. The molecule has 1 amide bonds. The van der Waals surface area contributed by atoms with Crippen molar-refractivity contribution in [3.05, 3.63) is 65.5 Å². The molecule has 0 fully saturated rings. The van der Waals surface area contributed by atoms with Gasteiger partial charge in [0.05, 0.1) is 16.8 Å². The number of pyridine rings is 1. The third-order valence-electron chi connectivity index (χ3n) is 4.16. The van der Waals surface area contributed by atoms with Crippen molar-refractivity contribution >= 4 is 16.8 Å². The molecule has 1 heterocycles. The monoisotopic (exact) mass is 352 g/mol. The molecule has 0 saturated carbocycles. The van der Waals surface area contributed by atoms with E-state index in [1.54, 1.807) is 25.3 Å². The summed E-state index contributed by atoms with van der Waals surface area (Å²) in [5.74, 6) is -0.455. The molecule has 26 heavy (non-hydrogen) atoms. The molecule has 0 spiro atoms. The Hall–Kier alpha value is -2.79. The zero-order chi connectivity index (χ0) is 18.5. The van der Waals surface area contributed by atoms with Gasteiger partial charge < -0.3 is 10.1 Å². The molecular weight excluding hydrogens is 331 g/mol. The van der Waals surface area contributed by atoms with E-state index in [1.807, 2.05) is 25.1 Å². The number of nitrogens with one attached hydrogen (secondary N) is 1. The molecule has 0 bridgehead atoms. The normalized spacial score (nSPS) is 10.9. The number of ether oxygens (including phenoxy) is 1. The predicted octanol–water partition coefficient (Wildman–Crippen LogP) is 4.12. The lowest BCUT2D eigenvalue weighted by Gasteiger charge is -2.11. The van der Waals surface area contributed by atoms with E-state index in [-0.39, 0.29) is 11.7 Å². The van der Waals surface area contributed by atoms with Gasteiger partial charge in [-0.3, -0.25) is 4.79 Å². The quantitative estimate of drug-likeness (QED) is 0.679. The summed E-state index contributed by atoms with van der Waals surface area (Å²) in [4.78, 5) is 17.4. The van der Waals surface area contributed by atoms with Crippen LogP contribution in [0, 0.1) is 12.7 Å². The molecule has 0 radical (unpaired) electrons. The van der Waals surface area contributed by atoms with E-state index < -0.39 is 0 Å². The van der Waals surface area contributed by atoms with Crippen LogP contribution in [0.25, 0.3) is 22.2 Å². The van der Waals surface area contributed by atoms with E-state index in [0.29, 0.717) is 24.4 Å². The zero-order valence-corrected chi connectivity index (χ0v) is 14.9. The van der Waals surface area contributed by atoms with Gasteiger partial charge in [-0.25, -0.2) is 9.37 Å². The number of carbonyl (C=O) groups is 1. The lowest BCUT2D eigenvalue weighted by Crippen LogP contribution is -2.25. The Balaban J connectivity index is 2.02. The van der Waals surface area contributed by atoms with Crippen LogP contribution in [0.4, 0.5) is 4.39 Å². The summed E-state index contributed by atoms with van der Waals surface area (Å²) in [7, 11) is 1.63. The average molecular weight is 352 g/mol. The van der Waals surface area contributed by atoms with Crippen molar-refractivity contribution in [2.24, 2.45) is 0 Å². The molecule has 0 atom stereocenters. The number of nitrogens with zero attached hydrogens (tertiary/aromatic N) is 1. The Bertz CT molecular complexity index is 923. The van der Waals surface area contributed by atoms with Gasteiger partial charge in [0, 0.05) is 31.2 Å². The molecule has 1 N–H and O–H groups in total.